The van der Waals surface area contributed by atoms with Crippen molar-refractivity contribution in [1.29, 1.82) is 0 Å². The van der Waals surface area contributed by atoms with Crippen LogP contribution in [-0.2, 0) is 16.0 Å². The Balaban J connectivity index is 1.52. The van der Waals surface area contributed by atoms with Crippen molar-refractivity contribution in [3.8, 4) is 5.75 Å². The molecule has 2 aromatic rings. The highest BCUT2D eigenvalue weighted by molar-refractivity contribution is 5.96. The first-order valence-corrected chi connectivity index (χ1v) is 12.2. The van der Waals surface area contributed by atoms with Gasteiger partial charge in [0.1, 0.15) is 29.3 Å². The van der Waals surface area contributed by atoms with E-state index in [0.717, 1.165) is 45.1 Å². The third-order valence-electron chi connectivity index (χ3n) is 6.60. The monoisotopic (exact) mass is 470 g/mol. The molecule has 0 bridgehead atoms. The smallest absolute Gasteiger partial charge is 0.257 e. The summed E-state index contributed by atoms with van der Waals surface area (Å²) in [6, 6.07) is 7.32. The number of carbonyl (C=O) groups excluding carboxylic acids is 2. The van der Waals surface area contributed by atoms with Gasteiger partial charge in [-0.15, -0.1) is 0 Å². The molecule has 34 heavy (non-hydrogen) atoms. The molecule has 1 saturated heterocycles. The second-order valence-corrected chi connectivity index (χ2v) is 9.18. The number of nitrogens with zero attached hydrogens (tertiary/aromatic N) is 4. The number of amides is 2. The van der Waals surface area contributed by atoms with Gasteiger partial charge in [0.2, 0.25) is 5.91 Å². The number of fused-ring (bicyclic) bond motifs is 2. The predicted octanol–water partition coefficient (Wildman–Crippen LogP) is 3.02. The van der Waals surface area contributed by atoms with Crippen molar-refractivity contribution >= 4 is 11.8 Å². The molecule has 2 aliphatic heterocycles. The fraction of sp³-hybridized carbons (Fsp3) is 0.600. The predicted molar refractivity (Wildman–Crippen MR) is 125 cm³/mol. The minimum absolute atomic E-state index is 0.0555. The highest BCUT2D eigenvalue weighted by Crippen LogP contribution is 2.26. The zero-order valence-corrected chi connectivity index (χ0v) is 20.1. The van der Waals surface area contributed by atoms with Gasteiger partial charge < -0.3 is 19.3 Å². The number of hydrogen-bond acceptors (Lipinski definition) is 7. The van der Waals surface area contributed by atoms with Gasteiger partial charge in [0.15, 0.2) is 0 Å². The molecule has 0 unspecified atom stereocenters. The summed E-state index contributed by atoms with van der Waals surface area (Å²) in [6.45, 7) is 3.93. The summed E-state index contributed by atoms with van der Waals surface area (Å²) >= 11 is 0. The second-order valence-electron chi connectivity index (χ2n) is 9.18. The average molecular weight is 471 g/mol. The lowest BCUT2D eigenvalue weighted by Gasteiger charge is -2.24. The fourth-order valence-electron chi connectivity index (χ4n) is 4.50. The third kappa shape index (κ3) is 5.94. The van der Waals surface area contributed by atoms with Crippen molar-refractivity contribution in [2.45, 2.75) is 64.1 Å². The molecule has 4 rings (SSSR count). The van der Waals surface area contributed by atoms with Crippen LogP contribution in [0.3, 0.4) is 0 Å². The molecular formula is C25H34N4O5. The Bertz CT molecular complexity index is 978. The van der Waals surface area contributed by atoms with Gasteiger partial charge in [-0.1, -0.05) is 48.1 Å². The molecule has 1 fully saturated rings. The van der Waals surface area contributed by atoms with E-state index in [1.165, 1.54) is 0 Å². The molecule has 0 radical (unpaired) electrons. The Kier molecular flexibility index (Phi) is 8.16. The van der Waals surface area contributed by atoms with E-state index in [9.17, 15) is 9.59 Å². The maximum atomic E-state index is 13.1. The van der Waals surface area contributed by atoms with Crippen molar-refractivity contribution in [2.75, 3.05) is 33.3 Å². The molecule has 0 N–H and O–H groups in total. The first kappa shape index (κ1) is 24.2. The van der Waals surface area contributed by atoms with E-state index in [-0.39, 0.29) is 30.4 Å². The second kappa shape index (κ2) is 11.5. The van der Waals surface area contributed by atoms with Crippen LogP contribution in [0.5, 0.6) is 5.75 Å². The van der Waals surface area contributed by atoms with Crippen LogP contribution in [0.1, 0.15) is 60.3 Å². The van der Waals surface area contributed by atoms with E-state index in [4.69, 9.17) is 14.1 Å². The van der Waals surface area contributed by atoms with Crippen molar-refractivity contribution in [2.24, 2.45) is 0 Å². The van der Waals surface area contributed by atoms with Crippen LogP contribution in [0, 0.1) is 6.92 Å². The van der Waals surface area contributed by atoms with Gasteiger partial charge >= 0.3 is 0 Å². The lowest BCUT2D eigenvalue weighted by molar-refractivity contribution is -0.130. The van der Waals surface area contributed by atoms with Crippen LogP contribution >= 0.6 is 0 Å². The summed E-state index contributed by atoms with van der Waals surface area (Å²) < 4.78 is 17.3. The number of carbonyl (C=O) groups is 2. The van der Waals surface area contributed by atoms with E-state index < -0.39 is 0 Å². The number of aromatic nitrogens is 2. The minimum Gasteiger partial charge on any atom is -0.485 e. The summed E-state index contributed by atoms with van der Waals surface area (Å²) in [7, 11) is 1.84. The van der Waals surface area contributed by atoms with Crippen molar-refractivity contribution in [3.05, 3.63) is 41.2 Å². The molecular weight excluding hydrogens is 436 g/mol. The van der Waals surface area contributed by atoms with Crippen LogP contribution in [0.2, 0.25) is 0 Å². The summed E-state index contributed by atoms with van der Waals surface area (Å²) in [6.07, 6.45) is 5.99. The molecule has 1 aromatic carbocycles. The number of likely N-dealkylation sites (tertiary alicyclic amines) is 1. The first-order chi connectivity index (χ1) is 16.5. The van der Waals surface area contributed by atoms with Gasteiger partial charge in [0.25, 0.3) is 5.91 Å². The molecule has 1 aromatic heterocycles. The molecule has 2 amide bonds. The quantitative estimate of drug-likeness (QED) is 0.665. The Hall–Kier alpha value is -2.94. The van der Waals surface area contributed by atoms with E-state index >= 15 is 0 Å². The molecule has 0 aliphatic carbocycles. The Labute approximate surface area is 200 Å². The highest BCUT2D eigenvalue weighted by atomic mass is 16.6. The van der Waals surface area contributed by atoms with Gasteiger partial charge in [0, 0.05) is 20.2 Å². The van der Waals surface area contributed by atoms with Crippen molar-refractivity contribution in [1.82, 2.24) is 20.1 Å². The summed E-state index contributed by atoms with van der Waals surface area (Å²) in [4.78, 5) is 29.6. The summed E-state index contributed by atoms with van der Waals surface area (Å²) in [5.74, 6) is 0.393. The zero-order valence-electron chi connectivity index (χ0n) is 20.1. The van der Waals surface area contributed by atoms with Gasteiger partial charge in [-0.2, -0.15) is 0 Å². The first-order valence-electron chi connectivity index (χ1n) is 12.2. The van der Waals surface area contributed by atoms with Gasteiger partial charge in [0.05, 0.1) is 25.1 Å². The van der Waals surface area contributed by atoms with Crippen molar-refractivity contribution in [3.63, 3.8) is 0 Å². The molecule has 0 spiro atoms. The largest absolute Gasteiger partial charge is 0.485 e. The standard InChI is InChI=1S/C25H34N4O5/c1-18-20(27-34-26-18)15-24(30)29-16-22-23(17-29)33-21-12-8-7-11-19(21)25(31)28(2)13-9-5-3-4-6-10-14-32-22/h7-8,11-12,22-23H,3-6,9-10,13-17H2,1-2H3/t22-,23-/m1/s1. The SMILES string of the molecule is Cc1nonc1CC(=O)N1C[C@H]2OCCCCCCCCN(C)C(=O)c3ccccc3O[C@@H]2C1. The van der Waals surface area contributed by atoms with Crippen LogP contribution < -0.4 is 4.74 Å². The van der Waals surface area contributed by atoms with E-state index in [1.807, 2.05) is 25.2 Å². The van der Waals surface area contributed by atoms with Crippen LogP contribution in [0.25, 0.3) is 0 Å². The normalized spacial score (nSPS) is 22.7. The molecule has 2 aliphatic rings. The average Bonchev–Trinajstić information content (AvgIpc) is 3.43. The minimum atomic E-state index is -0.368. The number of aryl methyl sites for hydroxylation is 1. The molecule has 2 atom stereocenters. The van der Waals surface area contributed by atoms with Crippen molar-refractivity contribution < 1.29 is 23.7 Å². The van der Waals surface area contributed by atoms with Gasteiger partial charge in [-0.3, -0.25) is 9.59 Å². The topological polar surface area (TPSA) is 98.0 Å². The van der Waals surface area contributed by atoms with E-state index in [1.54, 1.807) is 22.8 Å². The molecule has 3 heterocycles. The van der Waals surface area contributed by atoms with E-state index in [0.29, 0.717) is 42.4 Å². The molecule has 184 valence electrons. The fourth-order valence-corrected chi connectivity index (χ4v) is 4.50. The number of para-hydroxylation sites is 1. The lowest BCUT2D eigenvalue weighted by Crippen LogP contribution is -2.34. The number of rotatable bonds is 2. The Morgan fingerprint density at radius 2 is 1.76 bits per heavy atom. The Morgan fingerprint density at radius 3 is 2.56 bits per heavy atom. The molecule has 9 heteroatoms. The van der Waals surface area contributed by atoms with Gasteiger partial charge in [-0.25, -0.2) is 4.63 Å². The maximum absolute atomic E-state index is 13.1. The zero-order chi connectivity index (χ0) is 23.9. The number of ether oxygens (including phenoxy) is 2. The third-order valence-corrected chi connectivity index (χ3v) is 6.60. The van der Waals surface area contributed by atoms with Gasteiger partial charge in [-0.05, 0) is 31.9 Å². The Morgan fingerprint density at radius 1 is 1.03 bits per heavy atom. The molecule has 0 saturated carbocycles. The van der Waals surface area contributed by atoms with Crippen LogP contribution in [0.4, 0.5) is 0 Å². The number of hydrogen-bond donors (Lipinski definition) is 0. The van der Waals surface area contributed by atoms with E-state index in [2.05, 4.69) is 10.3 Å². The summed E-state index contributed by atoms with van der Waals surface area (Å²) in [5, 5.41) is 7.59. The van der Waals surface area contributed by atoms with Crippen LogP contribution in [-0.4, -0.2) is 77.4 Å². The molecule has 9 nitrogen and oxygen atoms in total. The lowest BCUT2D eigenvalue weighted by atomic mass is 10.1. The maximum Gasteiger partial charge on any atom is 0.257 e. The number of benzene rings is 1. The summed E-state index contributed by atoms with van der Waals surface area (Å²) in [5.41, 5.74) is 1.68. The highest BCUT2D eigenvalue weighted by Gasteiger charge is 2.38. The van der Waals surface area contributed by atoms with Crippen LogP contribution in [0.15, 0.2) is 28.9 Å².